The zero-order chi connectivity index (χ0) is 11.9. The summed E-state index contributed by atoms with van der Waals surface area (Å²) >= 11 is 0. The van der Waals surface area contributed by atoms with E-state index in [-0.39, 0.29) is 0 Å². The third kappa shape index (κ3) is 2.12. The average Bonchev–Trinajstić information content (AvgIpc) is 2.38. The van der Waals surface area contributed by atoms with E-state index in [0.717, 1.165) is 28.9 Å². The normalized spacial score (nSPS) is 41.2. The Hall–Kier alpha value is -0.0800. The van der Waals surface area contributed by atoms with E-state index < -0.39 is 0 Å². The molecule has 1 aromatic carbocycles. The van der Waals surface area contributed by atoms with Crippen molar-refractivity contribution in [1.29, 1.82) is 0 Å². The van der Waals surface area contributed by atoms with Gasteiger partial charge >= 0.3 is 0 Å². The maximum absolute atomic E-state index is 2.24. The molecule has 0 atom stereocenters. The van der Waals surface area contributed by atoms with Crippen LogP contribution < -0.4 is 0 Å². The van der Waals surface area contributed by atoms with Crippen molar-refractivity contribution in [3.63, 3.8) is 0 Å². The van der Waals surface area contributed by atoms with E-state index in [1.54, 1.807) is 32.1 Å². The van der Waals surface area contributed by atoms with Gasteiger partial charge < -0.3 is 0 Å². The molecule has 0 spiro atoms. The molecule has 0 nitrogen and oxygen atoms in total. The van der Waals surface area contributed by atoms with Gasteiger partial charge in [-0.2, -0.15) is 0 Å². The van der Waals surface area contributed by atoms with Gasteiger partial charge in [0.1, 0.15) is 0 Å². The molecule has 4 saturated carbocycles. The van der Waals surface area contributed by atoms with Crippen molar-refractivity contribution < 1.29 is 0 Å². The molecule has 0 heterocycles. The van der Waals surface area contributed by atoms with Gasteiger partial charge in [0, 0.05) is 10.1 Å². The van der Waals surface area contributed by atoms with E-state index >= 15 is 0 Å². The molecule has 1 aromatic rings. The highest BCUT2D eigenvalue weighted by molar-refractivity contribution is 8.77. The van der Waals surface area contributed by atoms with Crippen LogP contribution in [0.1, 0.15) is 32.1 Å². The monoisotopic (exact) mass is 276 g/mol. The van der Waals surface area contributed by atoms with Crippen molar-refractivity contribution in [2.75, 3.05) is 0 Å². The molecule has 5 rings (SSSR count). The van der Waals surface area contributed by atoms with E-state index in [1.807, 2.05) is 10.8 Å². The number of benzene rings is 1. The van der Waals surface area contributed by atoms with Gasteiger partial charge in [-0.3, -0.25) is 0 Å². The Kier molecular flexibility index (Phi) is 3.12. The molecule has 2 heteroatoms. The molecular weight excluding hydrogens is 256 g/mol. The highest BCUT2D eigenvalue weighted by Gasteiger charge is 2.48. The van der Waals surface area contributed by atoms with Crippen molar-refractivity contribution in [2.24, 2.45) is 23.7 Å². The summed E-state index contributed by atoms with van der Waals surface area (Å²) in [6, 6.07) is 10.9. The van der Waals surface area contributed by atoms with Crippen LogP contribution in [0.2, 0.25) is 0 Å². The van der Waals surface area contributed by atoms with E-state index in [2.05, 4.69) is 41.1 Å². The molecule has 96 valence electrons. The predicted molar refractivity (Wildman–Crippen MR) is 80.7 cm³/mol. The third-order valence-corrected chi connectivity index (χ3v) is 8.22. The van der Waals surface area contributed by atoms with Crippen molar-refractivity contribution in [2.45, 2.75) is 42.2 Å². The molecule has 4 fully saturated rings. The fourth-order valence-corrected chi connectivity index (χ4v) is 7.81. The minimum absolute atomic E-state index is 0.947. The van der Waals surface area contributed by atoms with Crippen molar-refractivity contribution in [3.05, 3.63) is 30.3 Å². The van der Waals surface area contributed by atoms with Crippen LogP contribution in [0.4, 0.5) is 0 Å². The number of hydrogen-bond acceptors (Lipinski definition) is 2. The second-order valence-corrected chi connectivity index (χ2v) is 8.84. The van der Waals surface area contributed by atoms with Crippen LogP contribution in [0.3, 0.4) is 0 Å². The number of rotatable bonds is 3. The second kappa shape index (κ2) is 4.79. The second-order valence-electron chi connectivity index (χ2n) is 6.39. The first-order valence-electron chi connectivity index (χ1n) is 7.27. The van der Waals surface area contributed by atoms with Gasteiger partial charge in [0.05, 0.1) is 0 Å². The van der Waals surface area contributed by atoms with Crippen LogP contribution in [0.25, 0.3) is 0 Å². The molecular formula is C16H20S2. The van der Waals surface area contributed by atoms with E-state index in [4.69, 9.17) is 0 Å². The fourth-order valence-electron chi connectivity index (χ4n) is 4.62. The Labute approximate surface area is 118 Å². The first-order chi connectivity index (χ1) is 8.88. The minimum atomic E-state index is 0.947. The summed E-state index contributed by atoms with van der Waals surface area (Å²) in [6.45, 7) is 0. The molecule has 4 aliphatic carbocycles. The van der Waals surface area contributed by atoms with Crippen molar-refractivity contribution in [1.82, 2.24) is 0 Å². The van der Waals surface area contributed by atoms with Gasteiger partial charge in [-0.25, -0.2) is 0 Å². The van der Waals surface area contributed by atoms with Gasteiger partial charge in [0.2, 0.25) is 0 Å². The van der Waals surface area contributed by atoms with Gasteiger partial charge in [-0.15, -0.1) is 0 Å². The minimum Gasteiger partial charge on any atom is -0.0849 e. The first-order valence-corrected chi connectivity index (χ1v) is 9.48. The molecule has 0 aliphatic heterocycles. The Morgan fingerprint density at radius 3 is 2.00 bits per heavy atom. The summed E-state index contributed by atoms with van der Waals surface area (Å²) in [4.78, 5) is 1.43. The standard InChI is InChI=1S/C16H20S2/c1-2-4-15(5-3-1)17-18-16-13-7-11-6-12(9-13)10-14(16)8-11/h1-5,11-14,16H,6-10H2. The summed E-state index contributed by atoms with van der Waals surface area (Å²) in [5, 5.41) is 0.947. The summed E-state index contributed by atoms with van der Waals surface area (Å²) in [5.41, 5.74) is 0. The van der Waals surface area contributed by atoms with Crippen LogP contribution in [0.5, 0.6) is 0 Å². The Bertz CT molecular complexity index is 386. The molecule has 4 bridgehead atoms. The van der Waals surface area contributed by atoms with Crippen LogP contribution in [-0.4, -0.2) is 5.25 Å². The van der Waals surface area contributed by atoms with Crippen LogP contribution in [-0.2, 0) is 0 Å². The molecule has 4 aliphatic rings. The Morgan fingerprint density at radius 2 is 1.39 bits per heavy atom. The zero-order valence-corrected chi connectivity index (χ0v) is 12.3. The van der Waals surface area contributed by atoms with Crippen LogP contribution >= 0.6 is 21.6 Å². The first kappa shape index (κ1) is 11.7. The average molecular weight is 276 g/mol. The number of hydrogen-bond donors (Lipinski definition) is 0. The van der Waals surface area contributed by atoms with Crippen LogP contribution in [0, 0.1) is 23.7 Å². The summed E-state index contributed by atoms with van der Waals surface area (Å²) in [7, 11) is 4.20. The molecule has 0 saturated heterocycles. The molecule has 0 N–H and O–H groups in total. The predicted octanol–water partition coefficient (Wildman–Crippen LogP) is 5.25. The summed E-state index contributed by atoms with van der Waals surface area (Å²) in [6.07, 6.45) is 7.73. The lowest BCUT2D eigenvalue weighted by atomic mass is 9.56. The highest BCUT2D eigenvalue weighted by atomic mass is 33.1. The Morgan fingerprint density at radius 1 is 0.778 bits per heavy atom. The molecule has 0 radical (unpaired) electrons. The third-order valence-electron chi connectivity index (χ3n) is 5.14. The van der Waals surface area contributed by atoms with E-state index in [9.17, 15) is 0 Å². The molecule has 0 amide bonds. The molecule has 0 unspecified atom stereocenters. The van der Waals surface area contributed by atoms with Crippen molar-refractivity contribution in [3.8, 4) is 0 Å². The highest BCUT2D eigenvalue weighted by Crippen LogP contribution is 2.59. The van der Waals surface area contributed by atoms with Crippen molar-refractivity contribution >= 4 is 21.6 Å². The van der Waals surface area contributed by atoms with Gasteiger partial charge in [0.15, 0.2) is 0 Å². The lowest BCUT2D eigenvalue weighted by molar-refractivity contribution is 0.0271. The molecule has 18 heavy (non-hydrogen) atoms. The van der Waals surface area contributed by atoms with E-state index in [0.29, 0.717) is 0 Å². The molecule has 0 aromatic heterocycles. The lowest BCUT2D eigenvalue weighted by Gasteiger charge is -2.53. The van der Waals surface area contributed by atoms with Gasteiger partial charge in [-0.05, 0) is 67.9 Å². The SMILES string of the molecule is c1ccc(SSC2C3CC4CC(C3)CC2C4)cc1. The smallest absolute Gasteiger partial charge is 0.0211 e. The Balaban J connectivity index is 1.43. The maximum atomic E-state index is 2.24. The largest absolute Gasteiger partial charge is 0.0849 e. The van der Waals surface area contributed by atoms with E-state index in [1.165, 1.54) is 4.90 Å². The van der Waals surface area contributed by atoms with Gasteiger partial charge in [-0.1, -0.05) is 39.8 Å². The summed E-state index contributed by atoms with van der Waals surface area (Å²) in [5.74, 6) is 4.29. The lowest BCUT2D eigenvalue weighted by Crippen LogP contribution is -2.46. The topological polar surface area (TPSA) is 0 Å². The zero-order valence-electron chi connectivity index (χ0n) is 10.6. The quantitative estimate of drug-likeness (QED) is 0.691. The van der Waals surface area contributed by atoms with Crippen LogP contribution in [0.15, 0.2) is 35.2 Å². The summed E-state index contributed by atoms with van der Waals surface area (Å²) < 4.78 is 0. The fraction of sp³-hybridized carbons (Fsp3) is 0.625. The van der Waals surface area contributed by atoms with Gasteiger partial charge in [0.25, 0.3) is 0 Å². The maximum Gasteiger partial charge on any atom is 0.0211 e.